The fraction of sp³-hybridized carbons (Fsp3) is 0.500. The van der Waals surface area contributed by atoms with Crippen molar-refractivity contribution in [1.82, 2.24) is 0 Å². The molecule has 0 aromatic carbocycles. The minimum Gasteiger partial charge on any atom is -0.545 e. The van der Waals surface area contributed by atoms with Crippen LogP contribution in [-0.4, -0.2) is 82.3 Å². The lowest BCUT2D eigenvalue weighted by molar-refractivity contribution is -0.870. The molecule has 2 unspecified atom stereocenters. The number of carboxylic acids is 1. The van der Waals surface area contributed by atoms with E-state index in [0.29, 0.717) is 23.9 Å². The third-order valence-electron chi connectivity index (χ3n) is 13.4. The molecule has 9 heteroatoms. The molecular weight excluding hydrogens is 1130 g/mol. The first-order valence-electron chi connectivity index (χ1n) is 34.5. The smallest absolute Gasteiger partial charge is 0.306 e. The van der Waals surface area contributed by atoms with Gasteiger partial charge in [-0.15, -0.1) is 0 Å². The molecule has 91 heavy (non-hydrogen) atoms. The van der Waals surface area contributed by atoms with E-state index in [4.69, 9.17) is 18.9 Å². The lowest BCUT2D eigenvalue weighted by Gasteiger charge is -2.26. The van der Waals surface area contributed by atoms with Gasteiger partial charge in [0.25, 0.3) is 0 Å². The summed E-state index contributed by atoms with van der Waals surface area (Å²) in [6, 6.07) is 0. The monoisotopic (exact) mass is 1250 g/mol. The van der Waals surface area contributed by atoms with Crippen molar-refractivity contribution in [3.8, 4) is 0 Å². The van der Waals surface area contributed by atoms with E-state index >= 15 is 0 Å². The van der Waals surface area contributed by atoms with Crippen LogP contribution in [0.1, 0.15) is 206 Å². The minimum atomic E-state index is -1.66. The number of esters is 2. The van der Waals surface area contributed by atoms with Gasteiger partial charge in [0.1, 0.15) is 13.2 Å². The molecule has 0 radical (unpaired) electrons. The quantitative estimate of drug-likeness (QED) is 0.0195. The zero-order chi connectivity index (χ0) is 66.1. The van der Waals surface area contributed by atoms with Crippen LogP contribution < -0.4 is 5.11 Å². The number of carbonyl (C=O) groups is 3. The number of carboxylic acid groups (broad SMARTS) is 1. The summed E-state index contributed by atoms with van der Waals surface area (Å²) in [5, 5.41) is 11.8. The van der Waals surface area contributed by atoms with Gasteiger partial charge in [-0.25, -0.2) is 0 Å². The van der Waals surface area contributed by atoms with Gasteiger partial charge in [-0.2, -0.15) is 0 Å². The average molecular weight is 1250 g/mol. The molecule has 9 nitrogen and oxygen atoms in total. The Morgan fingerprint density at radius 3 is 0.901 bits per heavy atom. The van der Waals surface area contributed by atoms with Crippen molar-refractivity contribution in [3.05, 3.63) is 231 Å². The average Bonchev–Trinajstić information content (AvgIpc) is 3.46. The maximum absolute atomic E-state index is 12.9. The number of quaternary nitrogens is 1. The van der Waals surface area contributed by atoms with Crippen LogP contribution in [0.2, 0.25) is 0 Å². The first kappa shape index (κ1) is 84.4. The van der Waals surface area contributed by atoms with Crippen LogP contribution in [-0.2, 0) is 33.3 Å². The van der Waals surface area contributed by atoms with E-state index in [9.17, 15) is 19.5 Å². The molecule has 0 fully saturated rings. The second kappa shape index (κ2) is 69.2. The SMILES string of the molecule is CC/C=C\C/C=C\C/C=C\C/C=C\C/C=C\C/C=C\C/C=C\C/C=C\C/C=C\C/C=C\C/C=C\CCCCCCCC(=O)OC(COC(=O)CCCC/C=C\C/C=C\C/C=C\C/C=C\C/C=C\C/C=C\C/C=C\C/C=C\CC)COC(OCC[N+](C)(C)C)C(=O)[O-]. The number of nitrogens with zero attached hydrogens (tertiary/aromatic N) is 1. The summed E-state index contributed by atoms with van der Waals surface area (Å²) >= 11 is 0. The summed E-state index contributed by atoms with van der Waals surface area (Å²) < 4.78 is 22.7. The Morgan fingerprint density at radius 1 is 0.330 bits per heavy atom. The highest BCUT2D eigenvalue weighted by Gasteiger charge is 2.22. The van der Waals surface area contributed by atoms with Crippen molar-refractivity contribution in [2.75, 3.05) is 47.5 Å². The molecule has 0 saturated carbocycles. The van der Waals surface area contributed by atoms with E-state index in [0.717, 1.165) is 167 Å². The second-order valence-electron chi connectivity index (χ2n) is 23.0. The number of rotatable bonds is 60. The molecule has 0 N–H and O–H groups in total. The fourth-order valence-electron chi connectivity index (χ4n) is 8.20. The summed E-state index contributed by atoms with van der Waals surface area (Å²) in [5.74, 6) is -2.40. The van der Waals surface area contributed by atoms with Gasteiger partial charge < -0.3 is 33.3 Å². The predicted octanol–water partition coefficient (Wildman–Crippen LogP) is 20.6. The van der Waals surface area contributed by atoms with Crippen molar-refractivity contribution in [3.63, 3.8) is 0 Å². The molecule has 0 aromatic rings. The molecule has 0 aliphatic rings. The molecule has 0 saturated heterocycles. The lowest BCUT2D eigenvalue weighted by atomic mass is 10.1. The summed E-state index contributed by atoms with van der Waals surface area (Å²) in [6.07, 6.45) is 108. The topological polar surface area (TPSA) is 111 Å². The predicted molar refractivity (Wildman–Crippen MR) is 388 cm³/mol. The number of likely N-dealkylation sites (N-methyl/N-ethyl adjacent to an activating group) is 1. The molecule has 0 bridgehead atoms. The third-order valence-corrected chi connectivity index (χ3v) is 13.4. The summed E-state index contributed by atoms with van der Waals surface area (Å²) in [7, 11) is 5.88. The number of carbonyl (C=O) groups excluding carboxylic acids is 3. The fourth-order valence-corrected chi connectivity index (χ4v) is 8.20. The van der Waals surface area contributed by atoms with Crippen LogP contribution >= 0.6 is 0 Å². The van der Waals surface area contributed by atoms with Crippen LogP contribution in [0.25, 0.3) is 0 Å². The van der Waals surface area contributed by atoms with Crippen LogP contribution in [0.3, 0.4) is 0 Å². The number of allylic oxidation sites excluding steroid dienone is 38. The van der Waals surface area contributed by atoms with E-state index < -0.39 is 30.3 Å². The van der Waals surface area contributed by atoms with Gasteiger partial charge >= 0.3 is 11.9 Å². The molecule has 0 amide bonds. The van der Waals surface area contributed by atoms with E-state index in [1.54, 1.807) is 0 Å². The maximum atomic E-state index is 12.9. The standard InChI is InChI=1S/C82H123NO8/c1-6-8-10-12-14-16-18-20-22-24-26-28-30-32-34-35-36-37-38-39-40-41-42-43-44-45-47-49-51-53-55-57-59-61-63-65-67-69-71-73-80(85)91-78(77-90-82(81(86)87)88-75-74-83(3,4)5)76-89-79(84)72-70-68-66-64-62-60-58-56-54-52-50-48-46-33-31-29-27-25-23-21-19-17-15-13-11-9-7-2/h8-11,14-17,20-23,26-29,32-34,36-37,39-40,42-43,45-47,50-53,56-59,62,64,78,82H,6-7,12-13,18-19,24-25,30-31,35,38,41,44,48-49,54-55,60-61,63,65-77H2,1-5H3/b10-8-,11-9-,16-14-,17-15-,22-20-,23-21-,28-26-,29-27-,34-32-,37-36-,40-39-,43-42-,46-33-,47-45-,52-50-,53-51-,58-56-,59-57-,64-62-. The number of unbranched alkanes of at least 4 members (excludes halogenated alkanes) is 7. The van der Waals surface area contributed by atoms with E-state index in [1.165, 1.54) is 0 Å². The van der Waals surface area contributed by atoms with Crippen molar-refractivity contribution in [2.24, 2.45) is 0 Å². The number of aliphatic carboxylic acids is 1. The van der Waals surface area contributed by atoms with Crippen LogP contribution in [0.4, 0.5) is 0 Å². The molecule has 0 rings (SSSR count). The van der Waals surface area contributed by atoms with Crippen LogP contribution in [0.5, 0.6) is 0 Å². The summed E-state index contributed by atoms with van der Waals surface area (Å²) in [6.45, 7) is 4.40. The second-order valence-corrected chi connectivity index (χ2v) is 23.0. The first-order valence-corrected chi connectivity index (χ1v) is 34.5. The third kappa shape index (κ3) is 70.7. The van der Waals surface area contributed by atoms with Crippen molar-refractivity contribution < 1.29 is 42.9 Å². The molecule has 0 aromatic heterocycles. The summed E-state index contributed by atoms with van der Waals surface area (Å²) in [5.41, 5.74) is 0. The van der Waals surface area contributed by atoms with Crippen molar-refractivity contribution in [2.45, 2.75) is 219 Å². The lowest BCUT2D eigenvalue weighted by Crippen LogP contribution is -2.44. The number of hydrogen-bond acceptors (Lipinski definition) is 8. The van der Waals surface area contributed by atoms with Crippen LogP contribution in [0, 0.1) is 0 Å². The van der Waals surface area contributed by atoms with E-state index in [2.05, 4.69) is 245 Å². The molecule has 0 aliphatic carbocycles. The zero-order valence-corrected chi connectivity index (χ0v) is 57.3. The molecule has 0 spiro atoms. The molecule has 504 valence electrons. The molecule has 0 heterocycles. The Morgan fingerprint density at radius 2 is 0.593 bits per heavy atom. The van der Waals surface area contributed by atoms with Crippen LogP contribution in [0.15, 0.2) is 231 Å². The highest BCUT2D eigenvalue weighted by atomic mass is 16.7. The normalized spacial score (nSPS) is 14.2. The minimum absolute atomic E-state index is 0.122. The largest absolute Gasteiger partial charge is 0.545 e. The molecule has 0 aliphatic heterocycles. The highest BCUT2D eigenvalue weighted by molar-refractivity contribution is 5.70. The van der Waals surface area contributed by atoms with Gasteiger partial charge in [-0.1, -0.05) is 264 Å². The van der Waals surface area contributed by atoms with Gasteiger partial charge in [-0.3, -0.25) is 9.59 Å². The first-order chi connectivity index (χ1) is 44.6. The van der Waals surface area contributed by atoms with Gasteiger partial charge in [0.2, 0.25) is 0 Å². The Kier molecular flexibility index (Phi) is 64.2. The number of ether oxygens (including phenoxy) is 4. The summed E-state index contributed by atoms with van der Waals surface area (Å²) in [4.78, 5) is 37.4. The van der Waals surface area contributed by atoms with Crippen molar-refractivity contribution in [1.29, 1.82) is 0 Å². The van der Waals surface area contributed by atoms with Gasteiger partial charge in [-0.05, 0) is 161 Å². The van der Waals surface area contributed by atoms with Crippen molar-refractivity contribution >= 4 is 17.9 Å². The van der Waals surface area contributed by atoms with Gasteiger partial charge in [0.15, 0.2) is 12.4 Å². The van der Waals surface area contributed by atoms with E-state index in [-0.39, 0.29) is 32.7 Å². The van der Waals surface area contributed by atoms with Gasteiger partial charge in [0, 0.05) is 12.8 Å². The Labute approximate surface area is 555 Å². The van der Waals surface area contributed by atoms with Gasteiger partial charge in [0.05, 0.1) is 40.3 Å². The number of hydrogen-bond donors (Lipinski definition) is 0. The highest BCUT2D eigenvalue weighted by Crippen LogP contribution is 2.12. The Hall–Kier alpha value is -6.65. The molecular formula is C82H123NO8. The maximum Gasteiger partial charge on any atom is 0.306 e. The molecule has 2 atom stereocenters. The Balaban J connectivity index is 4.35. The Bertz CT molecular complexity index is 2350. The zero-order valence-electron chi connectivity index (χ0n) is 57.3. The van der Waals surface area contributed by atoms with E-state index in [1.807, 2.05) is 21.1 Å².